The van der Waals surface area contributed by atoms with Gasteiger partial charge < -0.3 is 14.5 Å². The Bertz CT molecular complexity index is 724. The molecule has 1 aromatic rings. The number of hydrogen-bond donors (Lipinski definition) is 0. The molecule has 2 heterocycles. The van der Waals surface area contributed by atoms with Crippen LogP contribution in [0.25, 0.3) is 0 Å². The van der Waals surface area contributed by atoms with Crippen molar-refractivity contribution in [1.82, 2.24) is 19.6 Å². The summed E-state index contributed by atoms with van der Waals surface area (Å²) in [5.41, 5.74) is 0. The van der Waals surface area contributed by atoms with Gasteiger partial charge in [0, 0.05) is 58.4 Å². The third-order valence-electron chi connectivity index (χ3n) is 6.52. The molecule has 1 aliphatic carbocycles. The van der Waals surface area contributed by atoms with Crippen LogP contribution >= 0.6 is 0 Å². The Morgan fingerprint density at radius 2 is 1.47 bits per heavy atom. The first-order chi connectivity index (χ1) is 14.6. The maximum absolute atomic E-state index is 12.9. The zero-order chi connectivity index (χ0) is 20.9. The highest BCUT2D eigenvalue weighted by Crippen LogP contribution is 2.25. The summed E-state index contributed by atoms with van der Waals surface area (Å²) in [5, 5.41) is 0. The van der Waals surface area contributed by atoms with Crippen molar-refractivity contribution in [3.8, 4) is 5.75 Å². The van der Waals surface area contributed by atoms with Crippen LogP contribution in [-0.4, -0.2) is 103 Å². The maximum atomic E-state index is 12.9. The molecule has 0 atom stereocenters. The molecule has 0 N–H and O–H groups in total. The third kappa shape index (κ3) is 5.29. The second-order valence-corrected chi connectivity index (χ2v) is 8.40. The van der Waals surface area contributed by atoms with Crippen molar-refractivity contribution in [2.24, 2.45) is 0 Å². The minimum Gasteiger partial charge on any atom is -0.484 e. The van der Waals surface area contributed by atoms with Crippen molar-refractivity contribution >= 4 is 11.8 Å². The van der Waals surface area contributed by atoms with E-state index in [0.29, 0.717) is 38.5 Å². The lowest BCUT2D eigenvalue weighted by molar-refractivity contribution is -0.137. The largest absolute Gasteiger partial charge is 0.484 e. The zero-order valence-electron chi connectivity index (χ0n) is 17.5. The van der Waals surface area contributed by atoms with Gasteiger partial charge in [-0.3, -0.25) is 19.4 Å². The fraction of sp³-hybridized carbons (Fsp3) is 0.636. The van der Waals surface area contributed by atoms with Gasteiger partial charge in [-0.05, 0) is 37.1 Å². The lowest BCUT2D eigenvalue weighted by Crippen LogP contribution is -2.56. The molecule has 0 radical (unpaired) electrons. The average Bonchev–Trinajstić information content (AvgIpc) is 2.73. The number of ether oxygens (including phenoxy) is 1. The molecular weight excluding hydrogens is 387 g/mol. The van der Waals surface area contributed by atoms with E-state index in [1.807, 2.05) is 4.90 Å². The van der Waals surface area contributed by atoms with Gasteiger partial charge in [-0.1, -0.05) is 6.42 Å². The molecule has 30 heavy (non-hydrogen) atoms. The molecule has 164 valence electrons. The van der Waals surface area contributed by atoms with E-state index in [9.17, 15) is 14.0 Å². The number of carbonyl (C=O) groups excluding carboxylic acids is 2. The summed E-state index contributed by atoms with van der Waals surface area (Å²) in [6.07, 6.45) is 3.97. The van der Waals surface area contributed by atoms with Crippen LogP contribution in [0.1, 0.15) is 19.3 Å². The molecular formula is C22H31FN4O3. The van der Waals surface area contributed by atoms with Gasteiger partial charge in [-0.2, -0.15) is 0 Å². The van der Waals surface area contributed by atoms with Gasteiger partial charge >= 0.3 is 0 Å². The van der Waals surface area contributed by atoms with E-state index < -0.39 is 0 Å². The Morgan fingerprint density at radius 3 is 2.07 bits per heavy atom. The number of benzene rings is 1. The van der Waals surface area contributed by atoms with Crippen LogP contribution in [0.15, 0.2) is 24.3 Å². The second-order valence-electron chi connectivity index (χ2n) is 8.40. The van der Waals surface area contributed by atoms with Crippen LogP contribution in [-0.2, 0) is 9.59 Å². The highest BCUT2D eigenvalue weighted by Gasteiger charge is 2.30. The Hall–Kier alpha value is -2.19. The van der Waals surface area contributed by atoms with E-state index in [0.717, 1.165) is 32.2 Å². The molecule has 3 fully saturated rings. The quantitative estimate of drug-likeness (QED) is 0.691. The topological polar surface area (TPSA) is 56.3 Å². The summed E-state index contributed by atoms with van der Waals surface area (Å²) >= 11 is 0. The third-order valence-corrected chi connectivity index (χ3v) is 6.52. The standard InChI is InChI=1S/C22H31FN4O3/c23-18-4-6-20(7-5-18)30-17-22(29)27-10-8-24(9-11-27)16-21(28)26-14-12-25(13-15-26)19-2-1-3-19/h4-7,19H,1-3,8-17H2. The number of carbonyl (C=O) groups is 2. The number of piperazine rings is 2. The first-order valence-electron chi connectivity index (χ1n) is 11.0. The van der Waals surface area contributed by atoms with E-state index in [-0.39, 0.29) is 24.2 Å². The van der Waals surface area contributed by atoms with Gasteiger partial charge in [0.15, 0.2) is 6.61 Å². The minimum absolute atomic E-state index is 0.0597. The summed E-state index contributed by atoms with van der Waals surface area (Å²) < 4.78 is 18.4. The van der Waals surface area contributed by atoms with Gasteiger partial charge in [0.25, 0.3) is 5.91 Å². The van der Waals surface area contributed by atoms with Gasteiger partial charge in [0.1, 0.15) is 11.6 Å². The molecule has 3 aliphatic rings. The molecule has 7 nitrogen and oxygen atoms in total. The minimum atomic E-state index is -0.334. The second kappa shape index (κ2) is 9.75. The monoisotopic (exact) mass is 418 g/mol. The molecule has 2 aliphatic heterocycles. The van der Waals surface area contributed by atoms with Crippen LogP contribution in [0.2, 0.25) is 0 Å². The Balaban J connectivity index is 1.14. The summed E-state index contributed by atoms with van der Waals surface area (Å²) in [4.78, 5) is 33.4. The molecule has 4 rings (SSSR count). The molecule has 0 unspecified atom stereocenters. The first kappa shape index (κ1) is 21.1. The first-order valence-corrected chi connectivity index (χ1v) is 11.0. The van der Waals surface area contributed by atoms with E-state index in [1.165, 1.54) is 43.5 Å². The maximum Gasteiger partial charge on any atom is 0.260 e. The van der Waals surface area contributed by atoms with Crippen LogP contribution in [0.5, 0.6) is 5.75 Å². The van der Waals surface area contributed by atoms with Gasteiger partial charge in [0.05, 0.1) is 6.54 Å². The molecule has 1 aromatic carbocycles. The zero-order valence-corrected chi connectivity index (χ0v) is 17.5. The lowest BCUT2D eigenvalue weighted by atomic mass is 9.91. The average molecular weight is 419 g/mol. The summed E-state index contributed by atoms with van der Waals surface area (Å²) in [6, 6.07) is 6.39. The Kier molecular flexibility index (Phi) is 6.84. The van der Waals surface area contributed by atoms with Crippen molar-refractivity contribution in [2.45, 2.75) is 25.3 Å². The van der Waals surface area contributed by atoms with Gasteiger partial charge in [0.2, 0.25) is 5.91 Å². The van der Waals surface area contributed by atoms with Crippen molar-refractivity contribution in [3.63, 3.8) is 0 Å². The molecule has 2 saturated heterocycles. The summed E-state index contributed by atoms with van der Waals surface area (Å²) in [7, 11) is 0. The highest BCUT2D eigenvalue weighted by atomic mass is 19.1. The fourth-order valence-electron chi connectivity index (χ4n) is 4.30. The number of nitrogens with zero attached hydrogens (tertiary/aromatic N) is 4. The molecule has 8 heteroatoms. The number of halogens is 1. The van der Waals surface area contributed by atoms with Gasteiger partial charge in [-0.15, -0.1) is 0 Å². The van der Waals surface area contributed by atoms with Crippen molar-refractivity contribution in [3.05, 3.63) is 30.1 Å². The molecule has 0 bridgehead atoms. The van der Waals surface area contributed by atoms with Crippen molar-refractivity contribution in [2.75, 3.05) is 65.5 Å². The number of amides is 2. The summed E-state index contributed by atoms with van der Waals surface area (Å²) in [5.74, 6) is 0.256. The molecule has 1 saturated carbocycles. The van der Waals surface area contributed by atoms with E-state index >= 15 is 0 Å². The number of rotatable bonds is 6. The SMILES string of the molecule is O=C(COc1ccc(F)cc1)N1CCN(CC(=O)N2CCN(C3CCC3)CC2)CC1. The van der Waals surface area contributed by atoms with Crippen LogP contribution < -0.4 is 4.74 Å². The smallest absolute Gasteiger partial charge is 0.260 e. The fourth-order valence-corrected chi connectivity index (χ4v) is 4.30. The van der Waals surface area contributed by atoms with Crippen LogP contribution in [0, 0.1) is 5.82 Å². The van der Waals surface area contributed by atoms with Crippen molar-refractivity contribution in [1.29, 1.82) is 0 Å². The Labute approximate surface area is 177 Å². The Morgan fingerprint density at radius 1 is 0.867 bits per heavy atom. The van der Waals surface area contributed by atoms with E-state index in [4.69, 9.17) is 4.74 Å². The van der Waals surface area contributed by atoms with Crippen LogP contribution in [0.3, 0.4) is 0 Å². The molecule has 2 amide bonds. The molecule has 0 spiro atoms. The lowest BCUT2D eigenvalue weighted by Gasteiger charge is -2.43. The highest BCUT2D eigenvalue weighted by molar-refractivity contribution is 5.79. The van der Waals surface area contributed by atoms with E-state index in [2.05, 4.69) is 9.80 Å². The molecule has 0 aromatic heterocycles. The predicted molar refractivity (Wildman–Crippen MR) is 111 cm³/mol. The van der Waals surface area contributed by atoms with E-state index in [1.54, 1.807) is 4.90 Å². The predicted octanol–water partition coefficient (Wildman–Crippen LogP) is 1.05. The van der Waals surface area contributed by atoms with Crippen molar-refractivity contribution < 1.29 is 18.7 Å². The normalized spacial score (nSPS) is 21.4. The van der Waals surface area contributed by atoms with Crippen LogP contribution in [0.4, 0.5) is 4.39 Å². The van der Waals surface area contributed by atoms with Gasteiger partial charge in [-0.25, -0.2) is 4.39 Å². The summed E-state index contributed by atoms with van der Waals surface area (Å²) in [6.45, 7) is 6.57. The number of hydrogen-bond acceptors (Lipinski definition) is 5.